The number of benzene rings is 1. The Morgan fingerprint density at radius 3 is 2.79 bits per heavy atom. The molecule has 0 radical (unpaired) electrons. The van der Waals surface area contributed by atoms with E-state index in [0.29, 0.717) is 17.7 Å². The number of nitrogens with one attached hydrogen (secondary N) is 1. The number of thiophene rings is 1. The van der Waals surface area contributed by atoms with Crippen LogP contribution < -0.4 is 5.32 Å². The quantitative estimate of drug-likeness (QED) is 0.895. The summed E-state index contributed by atoms with van der Waals surface area (Å²) in [6, 6.07) is 8.91. The molecule has 0 atom stereocenters. The van der Waals surface area contributed by atoms with Crippen LogP contribution in [0, 0.1) is 6.92 Å². The van der Waals surface area contributed by atoms with Crippen LogP contribution in [0.5, 0.6) is 5.75 Å². The molecule has 0 bridgehead atoms. The predicted octanol–water partition coefficient (Wildman–Crippen LogP) is 3.50. The van der Waals surface area contributed by atoms with Gasteiger partial charge in [0.2, 0.25) is 0 Å². The van der Waals surface area contributed by atoms with Crippen LogP contribution in [0.4, 0.5) is 0 Å². The lowest BCUT2D eigenvalue weighted by molar-refractivity contribution is 0.0954. The minimum absolute atomic E-state index is 0.112. The molecule has 1 amide bonds. The van der Waals surface area contributed by atoms with Gasteiger partial charge in [-0.2, -0.15) is 0 Å². The van der Waals surface area contributed by atoms with Gasteiger partial charge in [0.05, 0.1) is 3.79 Å². The van der Waals surface area contributed by atoms with Gasteiger partial charge in [0.15, 0.2) is 0 Å². The van der Waals surface area contributed by atoms with Crippen LogP contribution in [-0.2, 0) is 6.42 Å². The molecule has 5 heteroatoms. The number of phenols is 1. The number of carbonyl (C=O) groups is 1. The van der Waals surface area contributed by atoms with Crippen molar-refractivity contribution in [2.24, 2.45) is 0 Å². The fourth-order valence-corrected chi connectivity index (χ4v) is 3.17. The lowest BCUT2D eigenvalue weighted by Crippen LogP contribution is -2.25. The number of hydrogen-bond acceptors (Lipinski definition) is 3. The molecule has 2 aromatic rings. The fourth-order valence-electron chi connectivity index (χ4n) is 1.68. The average molecular weight is 340 g/mol. The van der Waals surface area contributed by atoms with Crippen molar-refractivity contribution in [3.05, 3.63) is 50.1 Å². The third-order valence-corrected chi connectivity index (χ3v) is 4.43. The Balaban J connectivity index is 1.89. The van der Waals surface area contributed by atoms with Crippen LogP contribution >= 0.6 is 27.3 Å². The van der Waals surface area contributed by atoms with Crippen LogP contribution in [0.1, 0.15) is 20.8 Å². The molecule has 1 aromatic carbocycles. The SMILES string of the molecule is Cc1cc(C(=O)NCCc2ccc(Br)s2)ccc1O. The number of aromatic hydroxyl groups is 1. The van der Waals surface area contributed by atoms with Crippen molar-refractivity contribution >= 4 is 33.2 Å². The van der Waals surface area contributed by atoms with Crippen LogP contribution in [-0.4, -0.2) is 17.6 Å². The molecule has 0 unspecified atom stereocenters. The van der Waals surface area contributed by atoms with E-state index in [9.17, 15) is 9.90 Å². The van der Waals surface area contributed by atoms with Crippen LogP contribution in [0.25, 0.3) is 0 Å². The Kier molecular flexibility index (Phi) is 4.61. The zero-order chi connectivity index (χ0) is 13.8. The highest BCUT2D eigenvalue weighted by molar-refractivity contribution is 9.11. The summed E-state index contributed by atoms with van der Waals surface area (Å²) < 4.78 is 1.10. The maximum Gasteiger partial charge on any atom is 0.251 e. The molecule has 2 N–H and O–H groups in total. The van der Waals surface area contributed by atoms with Gasteiger partial charge < -0.3 is 10.4 Å². The van der Waals surface area contributed by atoms with E-state index < -0.39 is 0 Å². The highest BCUT2D eigenvalue weighted by atomic mass is 79.9. The molecule has 2 rings (SSSR count). The number of carbonyl (C=O) groups excluding carboxylic acids is 1. The first kappa shape index (κ1) is 14.1. The number of halogens is 1. The van der Waals surface area contributed by atoms with E-state index in [1.54, 1.807) is 36.5 Å². The molecule has 0 aliphatic rings. The molecule has 0 fully saturated rings. The summed E-state index contributed by atoms with van der Waals surface area (Å²) in [6.45, 7) is 2.38. The van der Waals surface area contributed by atoms with Gasteiger partial charge in [-0.25, -0.2) is 0 Å². The van der Waals surface area contributed by atoms with Crippen molar-refractivity contribution < 1.29 is 9.90 Å². The van der Waals surface area contributed by atoms with Gasteiger partial charge in [-0.15, -0.1) is 11.3 Å². The summed E-state index contributed by atoms with van der Waals surface area (Å²) >= 11 is 5.08. The molecule has 1 aromatic heterocycles. The van der Waals surface area contributed by atoms with Crippen molar-refractivity contribution in [3.63, 3.8) is 0 Å². The van der Waals surface area contributed by atoms with Crippen molar-refractivity contribution in [3.8, 4) is 5.75 Å². The summed E-state index contributed by atoms with van der Waals surface area (Å²) in [5, 5.41) is 12.3. The van der Waals surface area contributed by atoms with Gasteiger partial charge in [-0.1, -0.05) is 0 Å². The first-order valence-electron chi connectivity index (χ1n) is 5.88. The number of rotatable bonds is 4. The van der Waals surface area contributed by atoms with Crippen LogP contribution in [0.15, 0.2) is 34.1 Å². The highest BCUT2D eigenvalue weighted by Gasteiger charge is 2.07. The predicted molar refractivity (Wildman–Crippen MR) is 80.9 cm³/mol. The minimum atomic E-state index is -0.112. The highest BCUT2D eigenvalue weighted by Crippen LogP contribution is 2.22. The average Bonchev–Trinajstić information content (AvgIpc) is 2.78. The Labute approximate surface area is 124 Å². The summed E-state index contributed by atoms with van der Waals surface area (Å²) in [5.74, 6) is 0.0960. The van der Waals surface area contributed by atoms with E-state index in [0.717, 1.165) is 10.2 Å². The van der Waals surface area contributed by atoms with Crippen LogP contribution in [0.2, 0.25) is 0 Å². The normalized spacial score (nSPS) is 10.4. The van der Waals surface area contributed by atoms with Crippen molar-refractivity contribution in [1.82, 2.24) is 5.32 Å². The lowest BCUT2D eigenvalue weighted by atomic mass is 10.1. The van der Waals surface area contributed by atoms with E-state index in [-0.39, 0.29) is 11.7 Å². The van der Waals surface area contributed by atoms with E-state index in [1.165, 1.54) is 4.88 Å². The van der Waals surface area contributed by atoms with Gasteiger partial charge in [-0.05, 0) is 65.2 Å². The Bertz CT molecular complexity index is 595. The molecule has 1 heterocycles. The number of phenolic OH excluding ortho intramolecular Hbond substituents is 1. The Morgan fingerprint density at radius 2 is 2.16 bits per heavy atom. The molecular formula is C14H14BrNO2S. The van der Waals surface area contributed by atoms with E-state index >= 15 is 0 Å². The summed E-state index contributed by atoms with van der Waals surface area (Å²) in [6.07, 6.45) is 0.819. The smallest absolute Gasteiger partial charge is 0.251 e. The molecule has 3 nitrogen and oxygen atoms in total. The van der Waals surface area contributed by atoms with Gasteiger partial charge in [0.25, 0.3) is 5.91 Å². The van der Waals surface area contributed by atoms with Gasteiger partial charge in [-0.3, -0.25) is 4.79 Å². The molecule has 19 heavy (non-hydrogen) atoms. The van der Waals surface area contributed by atoms with Crippen molar-refractivity contribution in [1.29, 1.82) is 0 Å². The molecule has 0 aliphatic carbocycles. The van der Waals surface area contributed by atoms with Crippen LogP contribution in [0.3, 0.4) is 0 Å². The second-order valence-electron chi connectivity index (χ2n) is 4.21. The number of amides is 1. The summed E-state index contributed by atoms with van der Waals surface area (Å²) in [5.41, 5.74) is 1.28. The van der Waals surface area contributed by atoms with Gasteiger partial charge in [0.1, 0.15) is 5.75 Å². The molecular weight excluding hydrogens is 326 g/mol. The minimum Gasteiger partial charge on any atom is -0.508 e. The van der Waals surface area contributed by atoms with E-state index in [1.807, 2.05) is 12.1 Å². The molecule has 0 aliphatic heterocycles. The number of aryl methyl sites for hydroxylation is 1. The topological polar surface area (TPSA) is 49.3 Å². The monoisotopic (exact) mass is 339 g/mol. The third-order valence-electron chi connectivity index (χ3n) is 2.74. The second-order valence-corrected chi connectivity index (χ2v) is 6.76. The van der Waals surface area contributed by atoms with Crippen molar-refractivity contribution in [2.75, 3.05) is 6.54 Å². The zero-order valence-corrected chi connectivity index (χ0v) is 12.8. The Hall–Kier alpha value is -1.33. The van der Waals surface area contributed by atoms with E-state index in [2.05, 4.69) is 21.2 Å². The van der Waals surface area contributed by atoms with Gasteiger partial charge >= 0.3 is 0 Å². The van der Waals surface area contributed by atoms with E-state index in [4.69, 9.17) is 0 Å². The molecule has 100 valence electrons. The van der Waals surface area contributed by atoms with Gasteiger partial charge in [0, 0.05) is 17.0 Å². The second kappa shape index (κ2) is 6.21. The lowest BCUT2D eigenvalue weighted by Gasteiger charge is -2.06. The molecule has 0 saturated carbocycles. The maximum atomic E-state index is 11.9. The van der Waals surface area contributed by atoms with Crippen molar-refractivity contribution in [2.45, 2.75) is 13.3 Å². The molecule has 0 saturated heterocycles. The standard InChI is InChI=1S/C14H14BrNO2S/c1-9-8-10(2-4-12(9)17)14(18)16-7-6-11-3-5-13(15)19-11/h2-5,8,17H,6-7H2,1H3,(H,16,18). The zero-order valence-electron chi connectivity index (χ0n) is 10.4. The first-order chi connectivity index (χ1) is 9.06. The number of hydrogen-bond donors (Lipinski definition) is 2. The Morgan fingerprint density at radius 1 is 1.37 bits per heavy atom. The fraction of sp³-hybridized carbons (Fsp3) is 0.214. The first-order valence-corrected chi connectivity index (χ1v) is 7.49. The maximum absolute atomic E-state index is 11.9. The largest absolute Gasteiger partial charge is 0.508 e. The molecule has 0 spiro atoms. The summed E-state index contributed by atoms with van der Waals surface area (Å²) in [7, 11) is 0. The third kappa shape index (κ3) is 3.81. The summed E-state index contributed by atoms with van der Waals surface area (Å²) in [4.78, 5) is 13.1.